The van der Waals surface area contributed by atoms with Crippen molar-refractivity contribution in [3.8, 4) is 67.3 Å². The molecule has 2 aromatic heterocycles. The van der Waals surface area contributed by atoms with Crippen LogP contribution in [0, 0.1) is 0 Å². The van der Waals surface area contributed by atoms with Crippen LogP contribution in [0.3, 0.4) is 0 Å². The Hall–Kier alpha value is -8.84. The second-order valence-electron chi connectivity index (χ2n) is 17.4. The van der Waals surface area contributed by atoms with Crippen molar-refractivity contribution in [2.24, 2.45) is 0 Å². The fourth-order valence-electron chi connectivity index (χ4n) is 8.80. The van der Waals surface area contributed by atoms with Crippen molar-refractivity contribution in [2.45, 2.75) is 19.6 Å². The van der Waals surface area contributed by atoms with Crippen molar-refractivity contribution in [1.82, 2.24) is 30.0 Å². The summed E-state index contributed by atoms with van der Waals surface area (Å²) in [6.45, 7) is 0. The number of rotatable bonds is 13. The van der Waals surface area contributed by atoms with E-state index in [2.05, 4.69) is 20.4 Å². The minimum atomic E-state index is -4.77. The van der Waals surface area contributed by atoms with Crippen LogP contribution in [0.5, 0.6) is 0 Å². The number of hydrogen-bond acceptors (Lipinski definition) is 12. The topological polar surface area (TPSA) is 279 Å². The maximum Gasteiger partial charge on any atom is 0.295 e. The number of nitrogens with zero attached hydrogens (tertiary/aromatic N) is 6. The molecule has 0 radical (unpaired) electrons. The number of fused-ring (bicyclic) bond motifs is 2. The molecule has 0 aliphatic heterocycles. The van der Waals surface area contributed by atoms with Gasteiger partial charge in [-0.2, -0.15) is 53.5 Å². The molecule has 0 spiro atoms. The van der Waals surface area contributed by atoms with Gasteiger partial charge in [0.25, 0.3) is 40.5 Å². The molecule has 0 atom stereocenters. The molecule has 1 aliphatic carbocycles. The first-order valence-electron chi connectivity index (χ1n) is 23.2. The molecular weight excluding hydrogens is 1080 g/mol. The third-order valence-electron chi connectivity index (χ3n) is 12.3. The highest BCUT2D eigenvalue weighted by Gasteiger charge is 2.31. The number of benzene rings is 8. The van der Waals surface area contributed by atoms with Crippen LogP contribution in [-0.4, -0.2) is 81.9 Å². The second kappa shape index (κ2) is 20.9. The largest absolute Gasteiger partial charge is 0.295 e. The van der Waals surface area contributed by atoms with Gasteiger partial charge in [-0.05, 0) is 75.3 Å². The van der Waals surface area contributed by atoms with Gasteiger partial charge >= 0.3 is 0 Å². The summed E-state index contributed by atoms with van der Waals surface area (Å²) in [5, 5.41) is 17.2. The summed E-state index contributed by atoms with van der Waals surface area (Å²) in [7, 11) is -19.0. The van der Waals surface area contributed by atoms with E-state index in [0.717, 1.165) is 22.3 Å². The first-order chi connectivity index (χ1) is 37.2. The van der Waals surface area contributed by atoms with Gasteiger partial charge in [0.2, 0.25) is 0 Å². The van der Waals surface area contributed by atoms with Crippen molar-refractivity contribution in [1.29, 1.82) is 0 Å². The van der Waals surface area contributed by atoms with Gasteiger partial charge in [-0.3, -0.25) is 18.2 Å². The molecule has 22 heteroatoms. The van der Waals surface area contributed by atoms with E-state index in [4.69, 9.17) is 0 Å². The normalized spacial score (nSPS) is 12.4. The minimum Gasteiger partial charge on any atom is -0.282 e. The Morgan fingerprint density at radius 3 is 1.26 bits per heavy atom. The standard InChI is InChI=1S/C30H22N6O6S2.C26H18O6S2/c37-43(38,39)29-17-25(35-31-19-27(33-35)21-7-3-1-4-8-21)15-13-23(29)11-12-24-14-16-26(18-30(24)44(40,41)42)36-32-20-28(34-36)22-9-5-2-6-10-22;27-33(28,29)24-16-19(17-7-3-1-4-8-17)11-13-21(24)23-15-20-12-14-22(26(23)34(30,31)32)25(20)18-9-5-2-6-10-18/h1-20H,(H,37,38,39)(H,40,41,42);1-16H,(H,27,28,29)(H,30,31,32). The Labute approximate surface area is 447 Å². The van der Waals surface area contributed by atoms with Gasteiger partial charge in [-0.15, -0.1) is 10.2 Å². The highest BCUT2D eigenvalue weighted by molar-refractivity contribution is 7.86. The van der Waals surface area contributed by atoms with Crippen LogP contribution in [0.4, 0.5) is 0 Å². The second-order valence-corrected chi connectivity index (χ2v) is 22.9. The van der Waals surface area contributed by atoms with Crippen LogP contribution in [0.2, 0.25) is 0 Å². The molecule has 0 fully saturated rings. The third-order valence-corrected chi connectivity index (χ3v) is 16.0. The van der Waals surface area contributed by atoms with Crippen LogP contribution >= 0.6 is 0 Å². The van der Waals surface area contributed by atoms with Gasteiger partial charge in [-0.1, -0.05) is 170 Å². The summed E-state index contributed by atoms with van der Waals surface area (Å²) in [5.41, 5.74) is 6.89. The molecule has 0 unspecified atom stereocenters. The molecule has 10 aromatic rings. The zero-order chi connectivity index (χ0) is 55.0. The van der Waals surface area contributed by atoms with E-state index in [-0.39, 0.29) is 39.2 Å². The Kier molecular flexibility index (Phi) is 14.1. The van der Waals surface area contributed by atoms with Gasteiger partial charge in [0.1, 0.15) is 31.0 Å². The van der Waals surface area contributed by atoms with Gasteiger partial charge in [-0.25, -0.2) is 0 Å². The first kappa shape index (κ1) is 52.6. The molecule has 390 valence electrons. The van der Waals surface area contributed by atoms with Crippen LogP contribution in [0.15, 0.2) is 214 Å². The van der Waals surface area contributed by atoms with E-state index in [9.17, 15) is 51.9 Å². The molecule has 0 saturated carbocycles. The highest BCUT2D eigenvalue weighted by Crippen LogP contribution is 2.46. The lowest BCUT2D eigenvalue weighted by Gasteiger charge is -2.17. The molecule has 2 heterocycles. The molecule has 4 N–H and O–H groups in total. The van der Waals surface area contributed by atoms with E-state index < -0.39 is 60.1 Å². The summed E-state index contributed by atoms with van der Waals surface area (Å²) in [6, 6.07) is 50.8. The lowest BCUT2D eigenvalue weighted by Crippen LogP contribution is -2.08. The minimum absolute atomic E-state index is 0.00980. The fraction of sp³-hybridized carbons (Fsp3) is 0. The zero-order valence-electron chi connectivity index (χ0n) is 40.2. The quantitative estimate of drug-likeness (QED) is 0.0617. The molecule has 2 bridgehead atoms. The van der Waals surface area contributed by atoms with Crippen LogP contribution in [0.25, 0.3) is 91.6 Å². The smallest absolute Gasteiger partial charge is 0.282 e. The van der Waals surface area contributed by atoms with Crippen LogP contribution < -0.4 is 0 Å². The SMILES string of the molecule is O=S(=O)(O)c1cc(-c2ccccc2)ccc1-c1cc2c(-c3ccccc3)c(c1S(=O)(=O)O)C=C2.O=S(=O)(O)c1cc(-n2ncc(-c3ccccc3)n2)ccc1C=Cc1ccc(-n2ncc(-c3ccccc3)n2)cc1S(=O)(=O)O. The molecule has 78 heavy (non-hydrogen) atoms. The molecule has 0 amide bonds. The maximum atomic E-state index is 12.6. The third kappa shape index (κ3) is 11.2. The number of hydrogen-bond donors (Lipinski definition) is 4. The molecule has 8 aromatic carbocycles. The van der Waals surface area contributed by atoms with Crippen LogP contribution in [-0.2, 0) is 40.5 Å². The lowest BCUT2D eigenvalue weighted by molar-refractivity contribution is 0.480. The van der Waals surface area contributed by atoms with E-state index in [0.29, 0.717) is 28.1 Å². The van der Waals surface area contributed by atoms with E-state index >= 15 is 0 Å². The van der Waals surface area contributed by atoms with Crippen molar-refractivity contribution in [3.05, 3.63) is 217 Å². The van der Waals surface area contributed by atoms with Crippen molar-refractivity contribution < 1.29 is 51.9 Å². The van der Waals surface area contributed by atoms with Crippen molar-refractivity contribution in [2.75, 3.05) is 0 Å². The molecular formula is C56H40N6O12S4. The van der Waals surface area contributed by atoms with Crippen molar-refractivity contribution in [3.63, 3.8) is 0 Å². The Bertz CT molecular complexity index is 4320. The first-order valence-corrected chi connectivity index (χ1v) is 28.9. The highest BCUT2D eigenvalue weighted by atomic mass is 32.2. The Balaban J connectivity index is 0.000000182. The maximum absolute atomic E-state index is 12.6. The van der Waals surface area contributed by atoms with E-state index in [1.54, 1.807) is 54.6 Å². The average Bonchev–Trinajstić information content (AvgIpc) is 4.39. The monoisotopic (exact) mass is 1120 g/mol. The summed E-state index contributed by atoms with van der Waals surface area (Å²) in [4.78, 5) is 0.678. The summed E-state index contributed by atoms with van der Waals surface area (Å²) >= 11 is 0. The van der Waals surface area contributed by atoms with Gasteiger partial charge in [0, 0.05) is 27.8 Å². The average molecular weight is 1120 g/mol. The predicted molar refractivity (Wildman–Crippen MR) is 293 cm³/mol. The van der Waals surface area contributed by atoms with E-state index in [1.165, 1.54) is 76.6 Å². The predicted octanol–water partition coefficient (Wildman–Crippen LogP) is 10.5. The lowest BCUT2D eigenvalue weighted by atomic mass is 9.93. The van der Waals surface area contributed by atoms with Crippen molar-refractivity contribution >= 4 is 64.8 Å². The molecule has 0 saturated heterocycles. The van der Waals surface area contributed by atoms with E-state index in [1.807, 2.05) is 97.1 Å². The van der Waals surface area contributed by atoms with Crippen LogP contribution in [0.1, 0.15) is 22.3 Å². The zero-order valence-corrected chi connectivity index (χ0v) is 43.4. The summed E-state index contributed by atoms with van der Waals surface area (Å²) < 4.78 is 139. The summed E-state index contributed by atoms with van der Waals surface area (Å²) in [6.07, 6.45) is 8.96. The molecule has 18 nitrogen and oxygen atoms in total. The number of aromatic nitrogens is 6. The fourth-order valence-corrected chi connectivity index (χ4v) is 11.8. The Morgan fingerprint density at radius 1 is 0.385 bits per heavy atom. The van der Waals surface area contributed by atoms with Gasteiger partial charge in [0.15, 0.2) is 0 Å². The Morgan fingerprint density at radius 2 is 0.821 bits per heavy atom. The van der Waals surface area contributed by atoms with Gasteiger partial charge in [0.05, 0.1) is 23.8 Å². The summed E-state index contributed by atoms with van der Waals surface area (Å²) in [5.74, 6) is 0. The van der Waals surface area contributed by atoms with Gasteiger partial charge < -0.3 is 0 Å². The molecule has 11 rings (SSSR count). The molecule has 1 aliphatic rings.